The normalized spacial score (nSPS) is 18.3. The number of Topliss-reactive ketones (excluding diaryl/α,β-unsaturated/α-hetero) is 1. The van der Waals surface area contributed by atoms with Crippen molar-refractivity contribution in [3.05, 3.63) is 54.0 Å². The molecular weight excluding hydrogens is 396 g/mol. The average molecular weight is 416 g/mol. The number of amides is 2. The number of thioether (sulfide) groups is 1. The van der Waals surface area contributed by atoms with E-state index in [2.05, 4.69) is 5.32 Å². The predicted molar refractivity (Wildman–Crippen MR) is 106 cm³/mol. The minimum Gasteiger partial charge on any atom is -0.466 e. The summed E-state index contributed by atoms with van der Waals surface area (Å²) in [7, 11) is 0. The van der Waals surface area contributed by atoms with Crippen LogP contribution >= 0.6 is 11.8 Å². The van der Waals surface area contributed by atoms with Crippen molar-refractivity contribution in [3.63, 3.8) is 0 Å². The van der Waals surface area contributed by atoms with Crippen molar-refractivity contribution in [1.29, 1.82) is 0 Å². The number of anilines is 1. The number of carbonyl (C=O) groups is 4. The van der Waals surface area contributed by atoms with Gasteiger partial charge in [-0.3, -0.25) is 14.4 Å². The maximum absolute atomic E-state index is 12.5. The SMILES string of the molecule is CC(=O)c1cccc(NC(=O)COC(=O)[C@H]2CS[C@H](c3ccco3)N2C(C)=O)c1. The number of nitrogens with one attached hydrogen (secondary N) is 1. The van der Waals surface area contributed by atoms with E-state index in [1.165, 1.54) is 36.8 Å². The molecule has 0 bridgehead atoms. The number of benzene rings is 1. The molecule has 152 valence electrons. The molecule has 2 amide bonds. The fraction of sp³-hybridized carbons (Fsp3) is 0.300. The summed E-state index contributed by atoms with van der Waals surface area (Å²) in [6, 6.07) is 9.11. The largest absolute Gasteiger partial charge is 0.466 e. The van der Waals surface area contributed by atoms with Crippen LogP contribution in [0, 0.1) is 0 Å². The third-order valence-corrected chi connectivity index (χ3v) is 5.60. The summed E-state index contributed by atoms with van der Waals surface area (Å²) >= 11 is 1.39. The third-order valence-electron chi connectivity index (χ3n) is 4.32. The summed E-state index contributed by atoms with van der Waals surface area (Å²) in [5, 5.41) is 2.17. The molecule has 1 aliphatic heterocycles. The molecule has 2 atom stereocenters. The molecule has 9 heteroatoms. The van der Waals surface area contributed by atoms with Crippen molar-refractivity contribution in [2.75, 3.05) is 17.7 Å². The number of nitrogens with zero attached hydrogens (tertiary/aromatic N) is 1. The number of rotatable bonds is 6. The van der Waals surface area contributed by atoms with E-state index in [0.717, 1.165) is 0 Å². The quantitative estimate of drug-likeness (QED) is 0.570. The summed E-state index contributed by atoms with van der Waals surface area (Å²) in [6.07, 6.45) is 1.51. The van der Waals surface area contributed by atoms with E-state index in [0.29, 0.717) is 22.8 Å². The Kier molecular flexibility index (Phi) is 6.38. The van der Waals surface area contributed by atoms with E-state index >= 15 is 0 Å². The number of carbonyl (C=O) groups excluding carboxylic acids is 4. The first-order valence-electron chi connectivity index (χ1n) is 8.88. The summed E-state index contributed by atoms with van der Waals surface area (Å²) in [6.45, 7) is 2.30. The summed E-state index contributed by atoms with van der Waals surface area (Å²) < 4.78 is 10.5. The van der Waals surface area contributed by atoms with Crippen molar-refractivity contribution in [1.82, 2.24) is 4.90 Å². The lowest BCUT2D eigenvalue weighted by atomic mass is 10.1. The molecule has 0 spiro atoms. The van der Waals surface area contributed by atoms with Crippen molar-refractivity contribution in [2.24, 2.45) is 0 Å². The second kappa shape index (κ2) is 8.95. The van der Waals surface area contributed by atoms with Crippen LogP contribution in [0.2, 0.25) is 0 Å². The topological polar surface area (TPSA) is 106 Å². The molecule has 8 nitrogen and oxygen atoms in total. The lowest BCUT2D eigenvalue weighted by Gasteiger charge is -2.25. The van der Waals surface area contributed by atoms with Crippen molar-refractivity contribution < 1.29 is 28.3 Å². The molecule has 0 saturated carbocycles. The van der Waals surface area contributed by atoms with Gasteiger partial charge in [-0.1, -0.05) is 12.1 Å². The first kappa shape index (κ1) is 20.7. The van der Waals surface area contributed by atoms with Crippen LogP contribution in [0.15, 0.2) is 47.1 Å². The molecule has 1 N–H and O–H groups in total. The Morgan fingerprint density at radius 3 is 2.66 bits per heavy atom. The number of furan rings is 1. The minimum absolute atomic E-state index is 0.123. The highest BCUT2D eigenvalue weighted by atomic mass is 32.2. The van der Waals surface area contributed by atoms with Gasteiger partial charge in [0.2, 0.25) is 5.91 Å². The molecule has 1 aliphatic rings. The van der Waals surface area contributed by atoms with Crippen LogP contribution in [-0.4, -0.2) is 46.9 Å². The highest BCUT2D eigenvalue weighted by molar-refractivity contribution is 7.99. The molecule has 0 unspecified atom stereocenters. The lowest BCUT2D eigenvalue weighted by Crippen LogP contribution is -2.43. The van der Waals surface area contributed by atoms with Crippen molar-refractivity contribution in [2.45, 2.75) is 25.3 Å². The van der Waals surface area contributed by atoms with Gasteiger partial charge >= 0.3 is 5.97 Å². The fourth-order valence-electron chi connectivity index (χ4n) is 2.97. The second-order valence-corrected chi connectivity index (χ2v) is 7.55. The second-order valence-electron chi connectivity index (χ2n) is 6.44. The average Bonchev–Trinajstić information content (AvgIpc) is 3.35. The van der Waals surface area contributed by atoms with Crippen molar-refractivity contribution in [3.8, 4) is 0 Å². The molecular formula is C20H20N2O6S. The van der Waals surface area contributed by atoms with Gasteiger partial charge in [0.1, 0.15) is 17.2 Å². The van der Waals surface area contributed by atoms with Gasteiger partial charge < -0.3 is 19.4 Å². The van der Waals surface area contributed by atoms with Gasteiger partial charge in [-0.05, 0) is 31.2 Å². The van der Waals surface area contributed by atoms with Gasteiger partial charge in [0.05, 0.1) is 6.26 Å². The Labute approximate surface area is 171 Å². The molecule has 2 aromatic rings. The Hall–Kier alpha value is -3.07. The van der Waals surface area contributed by atoms with E-state index in [4.69, 9.17) is 9.15 Å². The van der Waals surface area contributed by atoms with Gasteiger partial charge in [0.15, 0.2) is 12.4 Å². The third kappa shape index (κ3) is 4.86. The Bertz CT molecular complexity index is 927. The fourth-order valence-corrected chi connectivity index (χ4v) is 4.39. The van der Waals surface area contributed by atoms with E-state index in [1.54, 1.807) is 36.4 Å². The highest BCUT2D eigenvalue weighted by Gasteiger charge is 2.43. The van der Waals surface area contributed by atoms with Crippen LogP contribution in [0.4, 0.5) is 5.69 Å². The van der Waals surface area contributed by atoms with Gasteiger partial charge in [0, 0.05) is 23.9 Å². The monoisotopic (exact) mass is 416 g/mol. The number of hydrogen-bond donors (Lipinski definition) is 1. The smallest absolute Gasteiger partial charge is 0.330 e. The zero-order valence-corrected chi connectivity index (χ0v) is 16.7. The lowest BCUT2D eigenvalue weighted by molar-refractivity contribution is -0.155. The van der Waals surface area contributed by atoms with Gasteiger partial charge in [-0.2, -0.15) is 0 Å². The zero-order valence-electron chi connectivity index (χ0n) is 15.9. The van der Waals surface area contributed by atoms with Crippen molar-refractivity contribution >= 4 is 41.0 Å². The molecule has 29 heavy (non-hydrogen) atoms. The number of ketones is 1. The first-order valence-corrected chi connectivity index (χ1v) is 9.93. The molecule has 2 heterocycles. The number of hydrogen-bond acceptors (Lipinski definition) is 7. The van der Waals surface area contributed by atoms with Crippen LogP contribution < -0.4 is 5.32 Å². The van der Waals surface area contributed by atoms with Crippen LogP contribution in [0.25, 0.3) is 0 Å². The highest BCUT2D eigenvalue weighted by Crippen LogP contribution is 2.41. The van der Waals surface area contributed by atoms with E-state index in [1.807, 2.05) is 0 Å². The summed E-state index contributed by atoms with van der Waals surface area (Å²) in [5.41, 5.74) is 0.891. The van der Waals surface area contributed by atoms with Crippen LogP contribution in [-0.2, 0) is 19.1 Å². The molecule has 3 rings (SSSR count). The molecule has 1 aromatic carbocycles. The number of ether oxygens (including phenoxy) is 1. The maximum Gasteiger partial charge on any atom is 0.330 e. The first-order chi connectivity index (χ1) is 13.9. The predicted octanol–water partition coefficient (Wildman–Crippen LogP) is 2.63. The van der Waals surface area contributed by atoms with E-state index < -0.39 is 29.9 Å². The van der Waals surface area contributed by atoms with Crippen LogP contribution in [0.3, 0.4) is 0 Å². The zero-order chi connectivity index (χ0) is 21.0. The van der Waals surface area contributed by atoms with E-state index in [9.17, 15) is 19.2 Å². The van der Waals surface area contributed by atoms with Gasteiger partial charge in [-0.25, -0.2) is 4.79 Å². The molecule has 0 radical (unpaired) electrons. The molecule has 0 aliphatic carbocycles. The van der Waals surface area contributed by atoms with Crippen LogP contribution in [0.5, 0.6) is 0 Å². The maximum atomic E-state index is 12.5. The Morgan fingerprint density at radius 1 is 1.21 bits per heavy atom. The summed E-state index contributed by atoms with van der Waals surface area (Å²) in [4.78, 5) is 49.5. The van der Waals surface area contributed by atoms with Crippen LogP contribution in [0.1, 0.15) is 35.3 Å². The molecule has 1 saturated heterocycles. The standard InChI is InChI=1S/C20H20N2O6S/c1-12(23)14-5-3-6-15(9-14)21-18(25)10-28-20(26)16-11-29-19(22(16)13(2)24)17-7-4-8-27-17/h3-9,16,19H,10-11H2,1-2H3,(H,21,25)/t16-,19-/m1/s1. The molecule has 1 aromatic heterocycles. The Morgan fingerprint density at radius 2 is 2.00 bits per heavy atom. The van der Waals surface area contributed by atoms with Gasteiger partial charge in [0.25, 0.3) is 5.91 Å². The number of esters is 1. The molecule has 1 fully saturated rings. The van der Waals surface area contributed by atoms with Gasteiger partial charge in [-0.15, -0.1) is 11.8 Å². The minimum atomic E-state index is -0.804. The van der Waals surface area contributed by atoms with E-state index in [-0.39, 0.29) is 11.7 Å². The Balaban J connectivity index is 1.58. The summed E-state index contributed by atoms with van der Waals surface area (Å²) in [5.74, 6) is -0.698.